The molecule has 0 aromatic heterocycles. The number of rotatable bonds is 4. The predicted molar refractivity (Wildman–Crippen MR) is 93.3 cm³/mol. The Morgan fingerprint density at radius 2 is 1.67 bits per heavy atom. The average Bonchev–Trinajstić information content (AvgIpc) is 2.63. The highest BCUT2D eigenvalue weighted by Gasteiger charge is 2.55. The van der Waals surface area contributed by atoms with Crippen molar-refractivity contribution < 1.29 is 44.7 Å². The van der Waals surface area contributed by atoms with Crippen molar-refractivity contribution in [3.05, 3.63) is 52.3 Å². The van der Waals surface area contributed by atoms with Crippen LogP contribution < -0.4 is 5.32 Å². The van der Waals surface area contributed by atoms with Gasteiger partial charge in [-0.05, 0) is 38.1 Å². The molecular weight excluding hydrogens is 464 g/mol. The molecular formula is C17H12ClF6NO4S. The smallest absolute Gasteiger partial charge is 0.373 e. The van der Waals surface area contributed by atoms with E-state index in [1.165, 1.54) is 0 Å². The lowest BCUT2D eigenvalue weighted by Crippen LogP contribution is -2.52. The van der Waals surface area contributed by atoms with Gasteiger partial charge in [0, 0.05) is 5.56 Å². The molecule has 2 aromatic carbocycles. The van der Waals surface area contributed by atoms with Crippen LogP contribution in [0, 0.1) is 24.4 Å². The summed E-state index contributed by atoms with van der Waals surface area (Å²) in [7, 11) is -4.83. The van der Waals surface area contributed by atoms with Gasteiger partial charge in [-0.2, -0.15) is 13.2 Å². The van der Waals surface area contributed by atoms with E-state index >= 15 is 0 Å². The van der Waals surface area contributed by atoms with Crippen LogP contribution in [0.5, 0.6) is 0 Å². The van der Waals surface area contributed by atoms with E-state index < -0.39 is 71.0 Å². The van der Waals surface area contributed by atoms with E-state index in [0.717, 1.165) is 13.0 Å². The number of hydrogen-bond donors (Lipinski definition) is 2. The van der Waals surface area contributed by atoms with E-state index in [-0.39, 0.29) is 13.0 Å². The summed E-state index contributed by atoms with van der Waals surface area (Å²) >= 11 is 5.77. The summed E-state index contributed by atoms with van der Waals surface area (Å²) in [6, 6.07) is 2.38. The Morgan fingerprint density at radius 1 is 1.10 bits per heavy atom. The van der Waals surface area contributed by atoms with Crippen molar-refractivity contribution in [3.8, 4) is 0 Å². The maximum Gasteiger partial charge on any atom is 0.426 e. The van der Waals surface area contributed by atoms with Gasteiger partial charge in [0.15, 0.2) is 11.6 Å². The molecule has 0 aliphatic rings. The largest absolute Gasteiger partial charge is 0.426 e. The molecule has 0 saturated heterocycles. The predicted octanol–water partition coefficient (Wildman–Crippen LogP) is 4.15. The van der Waals surface area contributed by atoms with Gasteiger partial charge in [0.2, 0.25) is 15.4 Å². The fourth-order valence-electron chi connectivity index (χ4n) is 2.12. The molecule has 1 amide bonds. The van der Waals surface area contributed by atoms with Crippen molar-refractivity contribution in [3.63, 3.8) is 0 Å². The first-order chi connectivity index (χ1) is 13.5. The first-order valence-electron chi connectivity index (χ1n) is 7.81. The van der Waals surface area contributed by atoms with Crippen LogP contribution in [0.4, 0.5) is 32.0 Å². The molecule has 0 bridgehead atoms. The molecule has 0 aliphatic heterocycles. The quantitative estimate of drug-likeness (QED) is 0.514. The first kappa shape index (κ1) is 24.0. The molecule has 2 N–H and O–H groups in total. The zero-order chi connectivity index (χ0) is 23.2. The van der Waals surface area contributed by atoms with E-state index in [2.05, 4.69) is 0 Å². The Hall–Kier alpha value is -2.31. The number of carbonyl (C=O) groups excluding carboxylic acids is 1. The first-order valence-corrected chi connectivity index (χ1v) is 9.67. The van der Waals surface area contributed by atoms with Crippen LogP contribution in [0.25, 0.3) is 0 Å². The minimum absolute atomic E-state index is 0.193. The monoisotopic (exact) mass is 475 g/mol. The fraction of sp³-hybridized carbons (Fsp3) is 0.235. The lowest BCUT2D eigenvalue weighted by molar-refractivity contribution is -0.242. The van der Waals surface area contributed by atoms with Crippen molar-refractivity contribution in [2.24, 2.45) is 0 Å². The zero-order valence-electron chi connectivity index (χ0n) is 15.0. The molecule has 0 aliphatic carbocycles. The third-order valence-electron chi connectivity index (χ3n) is 4.14. The molecule has 0 heterocycles. The molecule has 164 valence electrons. The van der Waals surface area contributed by atoms with E-state index in [4.69, 9.17) is 11.6 Å². The lowest BCUT2D eigenvalue weighted by atomic mass is 10.1. The van der Waals surface area contributed by atoms with Crippen LogP contribution in [0.3, 0.4) is 0 Å². The molecule has 2 aromatic rings. The summed E-state index contributed by atoms with van der Waals surface area (Å²) in [4.78, 5) is 9.62. The van der Waals surface area contributed by atoms with Gasteiger partial charge >= 0.3 is 6.18 Å². The molecule has 2 rings (SSSR count). The van der Waals surface area contributed by atoms with Crippen LogP contribution >= 0.6 is 11.6 Å². The molecule has 5 nitrogen and oxygen atoms in total. The lowest BCUT2D eigenvalue weighted by Gasteiger charge is -2.25. The molecule has 1 atom stereocenters. The SMILES string of the molecule is Cc1c(F)cc(S(=O)(=O)c2ccc(NC(=O)C(C)(O)C(F)(F)F)c(Cl)c2)c(F)c1F. The Kier molecular flexibility index (Phi) is 6.19. The Balaban J connectivity index is 2.46. The van der Waals surface area contributed by atoms with Gasteiger partial charge in [-0.1, -0.05) is 11.6 Å². The number of nitrogens with one attached hydrogen (secondary N) is 1. The van der Waals surface area contributed by atoms with E-state index in [9.17, 15) is 44.7 Å². The third-order valence-corrected chi connectivity index (χ3v) is 6.20. The highest BCUT2D eigenvalue weighted by Crippen LogP contribution is 2.34. The Morgan fingerprint density at radius 3 is 2.17 bits per heavy atom. The number of anilines is 1. The number of aliphatic hydroxyl groups is 1. The molecule has 0 radical (unpaired) electrons. The van der Waals surface area contributed by atoms with Gasteiger partial charge in [-0.3, -0.25) is 4.79 Å². The third kappa shape index (κ3) is 4.12. The molecule has 13 heteroatoms. The van der Waals surface area contributed by atoms with Crippen molar-refractivity contribution in [1.29, 1.82) is 0 Å². The fourth-order valence-corrected chi connectivity index (χ4v) is 3.77. The molecule has 30 heavy (non-hydrogen) atoms. The Bertz CT molecular complexity index is 1130. The van der Waals surface area contributed by atoms with Crippen molar-refractivity contribution in [2.45, 2.75) is 35.4 Å². The van der Waals surface area contributed by atoms with Gasteiger partial charge in [0.05, 0.1) is 15.6 Å². The summed E-state index contributed by atoms with van der Waals surface area (Å²) in [6.07, 6.45) is -5.32. The van der Waals surface area contributed by atoms with E-state index in [1.54, 1.807) is 5.32 Å². The van der Waals surface area contributed by atoms with Crippen molar-refractivity contribution in [1.82, 2.24) is 0 Å². The van der Waals surface area contributed by atoms with Crippen LogP contribution in [-0.2, 0) is 14.6 Å². The topological polar surface area (TPSA) is 83.5 Å². The maximum absolute atomic E-state index is 14.1. The molecule has 0 fully saturated rings. The van der Waals surface area contributed by atoms with Crippen molar-refractivity contribution in [2.75, 3.05) is 5.32 Å². The average molecular weight is 476 g/mol. The minimum atomic E-state index is -5.32. The van der Waals surface area contributed by atoms with Crippen molar-refractivity contribution >= 4 is 33.0 Å². The molecule has 1 unspecified atom stereocenters. The molecule has 0 saturated carbocycles. The number of benzene rings is 2. The summed E-state index contributed by atoms with van der Waals surface area (Å²) < 4.78 is 105. The summed E-state index contributed by atoms with van der Waals surface area (Å²) in [5, 5.41) is 10.4. The highest BCUT2D eigenvalue weighted by molar-refractivity contribution is 7.91. The van der Waals surface area contributed by atoms with E-state index in [0.29, 0.717) is 12.1 Å². The highest BCUT2D eigenvalue weighted by atomic mass is 35.5. The van der Waals surface area contributed by atoms with Gasteiger partial charge < -0.3 is 10.4 Å². The number of amides is 1. The van der Waals surface area contributed by atoms with Gasteiger partial charge in [-0.15, -0.1) is 0 Å². The van der Waals surface area contributed by atoms with Gasteiger partial charge in [0.25, 0.3) is 5.91 Å². The summed E-state index contributed by atoms with van der Waals surface area (Å²) in [6.45, 7) is 1.09. The van der Waals surface area contributed by atoms with E-state index in [1.807, 2.05) is 0 Å². The van der Waals surface area contributed by atoms with Crippen LogP contribution in [0.2, 0.25) is 5.02 Å². The number of halogens is 7. The van der Waals surface area contributed by atoms with Crippen LogP contribution in [0.1, 0.15) is 12.5 Å². The number of alkyl halides is 3. The summed E-state index contributed by atoms with van der Waals surface area (Å²) in [5.74, 6) is -6.76. The Labute approximate surface area is 171 Å². The summed E-state index contributed by atoms with van der Waals surface area (Å²) in [5.41, 5.74) is -5.02. The minimum Gasteiger partial charge on any atom is -0.373 e. The number of hydrogen-bond acceptors (Lipinski definition) is 4. The van der Waals surface area contributed by atoms with Crippen LogP contribution in [0.15, 0.2) is 34.1 Å². The maximum atomic E-state index is 14.1. The normalized spacial score (nSPS) is 14.3. The second kappa shape index (κ2) is 7.75. The molecule has 0 spiro atoms. The number of sulfone groups is 1. The standard InChI is InChI=1S/C17H12ClF6NO4S/c1-7-10(19)6-12(14(21)13(7)20)30(28,29)8-3-4-11(9(18)5-8)25-15(26)16(2,27)17(22,23)24/h3-6,27H,1-2H3,(H,25,26). The zero-order valence-corrected chi connectivity index (χ0v) is 16.6. The second-order valence-corrected chi connectivity index (χ2v) is 8.60. The van der Waals surface area contributed by atoms with Crippen LogP contribution in [-0.4, -0.2) is 31.2 Å². The number of carbonyl (C=O) groups is 1. The van der Waals surface area contributed by atoms with Gasteiger partial charge in [-0.25, -0.2) is 21.6 Å². The second-order valence-electron chi connectivity index (χ2n) is 6.28. The van der Waals surface area contributed by atoms with Gasteiger partial charge in [0.1, 0.15) is 10.7 Å².